The van der Waals surface area contributed by atoms with E-state index in [2.05, 4.69) is 21.2 Å². The van der Waals surface area contributed by atoms with E-state index in [1.165, 1.54) is 23.5 Å². The molecule has 30 heavy (non-hydrogen) atoms. The lowest BCUT2D eigenvalue weighted by Gasteiger charge is -2.26. The van der Waals surface area contributed by atoms with E-state index in [-0.39, 0.29) is 29.5 Å². The molecule has 0 radical (unpaired) electrons. The molecule has 2 heterocycles. The standard InChI is InChI=1S/C20H19BrN2O6S/c1-27-17-5-3-15(12-19(17)30(25,26)23-6-8-28-9-7-23)22-20(24)18-11-13-10-14(21)2-4-16(13)29-18/h2-5,10-12H,6-9H2,1H3,(H,22,24). The van der Waals surface area contributed by atoms with Gasteiger partial charge in [0.2, 0.25) is 10.0 Å². The molecule has 1 fully saturated rings. The number of morpholine rings is 1. The molecule has 3 aromatic rings. The lowest BCUT2D eigenvalue weighted by atomic mass is 10.2. The van der Waals surface area contributed by atoms with E-state index in [1.54, 1.807) is 18.2 Å². The SMILES string of the molecule is COc1ccc(NC(=O)c2cc3cc(Br)ccc3o2)cc1S(=O)(=O)N1CCOCC1. The predicted octanol–water partition coefficient (Wildman–Crippen LogP) is 3.48. The van der Waals surface area contributed by atoms with Gasteiger partial charge >= 0.3 is 0 Å². The van der Waals surface area contributed by atoms with Crippen LogP contribution in [0.15, 0.2) is 56.2 Å². The second-order valence-electron chi connectivity index (χ2n) is 6.63. The summed E-state index contributed by atoms with van der Waals surface area (Å²) in [5, 5.41) is 3.47. The Bertz CT molecular complexity index is 1200. The van der Waals surface area contributed by atoms with Crippen LogP contribution in [0.3, 0.4) is 0 Å². The second kappa shape index (κ2) is 8.38. The maximum Gasteiger partial charge on any atom is 0.291 e. The number of anilines is 1. The molecule has 0 aliphatic carbocycles. The van der Waals surface area contributed by atoms with Crippen LogP contribution in [-0.2, 0) is 14.8 Å². The number of hydrogen-bond acceptors (Lipinski definition) is 6. The van der Waals surface area contributed by atoms with E-state index in [1.807, 2.05) is 12.1 Å². The predicted molar refractivity (Wildman–Crippen MR) is 114 cm³/mol. The molecule has 158 valence electrons. The van der Waals surface area contributed by atoms with Crippen molar-refractivity contribution in [1.29, 1.82) is 0 Å². The first-order valence-corrected chi connectivity index (χ1v) is 11.4. The Morgan fingerprint density at radius 3 is 2.63 bits per heavy atom. The molecule has 0 bridgehead atoms. The first kappa shape index (κ1) is 20.9. The van der Waals surface area contributed by atoms with Crippen LogP contribution in [-0.4, -0.2) is 52.0 Å². The van der Waals surface area contributed by atoms with Gasteiger partial charge in [0, 0.05) is 28.6 Å². The third-order valence-corrected chi connectivity index (χ3v) is 7.12. The van der Waals surface area contributed by atoms with Gasteiger partial charge < -0.3 is 19.2 Å². The number of furan rings is 1. The zero-order chi connectivity index (χ0) is 21.3. The number of amides is 1. The summed E-state index contributed by atoms with van der Waals surface area (Å²) in [6.45, 7) is 1.19. The van der Waals surface area contributed by atoms with Gasteiger partial charge in [0.05, 0.1) is 20.3 Å². The van der Waals surface area contributed by atoms with Gasteiger partial charge in [-0.3, -0.25) is 4.79 Å². The highest BCUT2D eigenvalue weighted by Crippen LogP contribution is 2.31. The van der Waals surface area contributed by atoms with Gasteiger partial charge in [-0.1, -0.05) is 15.9 Å². The molecule has 10 heteroatoms. The molecule has 1 aliphatic heterocycles. The molecular weight excluding hydrogens is 476 g/mol. The van der Waals surface area contributed by atoms with E-state index < -0.39 is 15.9 Å². The molecular formula is C20H19BrN2O6S. The zero-order valence-electron chi connectivity index (χ0n) is 16.1. The summed E-state index contributed by atoms with van der Waals surface area (Å²) < 4.78 is 44.5. The Labute approximate surface area is 181 Å². The average Bonchev–Trinajstić information content (AvgIpc) is 3.17. The fourth-order valence-corrected chi connectivity index (χ4v) is 5.17. The third-order valence-electron chi connectivity index (χ3n) is 4.71. The van der Waals surface area contributed by atoms with E-state index >= 15 is 0 Å². The van der Waals surface area contributed by atoms with Crippen molar-refractivity contribution >= 4 is 48.5 Å². The molecule has 1 saturated heterocycles. The second-order valence-corrected chi connectivity index (χ2v) is 9.45. The van der Waals surface area contributed by atoms with Gasteiger partial charge in [0.1, 0.15) is 16.2 Å². The van der Waals surface area contributed by atoms with Crippen LogP contribution in [0.1, 0.15) is 10.6 Å². The van der Waals surface area contributed by atoms with Crippen molar-refractivity contribution in [3.8, 4) is 5.75 Å². The highest BCUT2D eigenvalue weighted by atomic mass is 79.9. The Hall–Kier alpha value is -2.40. The number of fused-ring (bicyclic) bond motifs is 1. The number of rotatable bonds is 5. The minimum atomic E-state index is -3.80. The van der Waals surface area contributed by atoms with E-state index in [0.29, 0.717) is 24.5 Å². The highest BCUT2D eigenvalue weighted by Gasteiger charge is 2.29. The average molecular weight is 495 g/mol. The minimum absolute atomic E-state index is 0.0155. The monoisotopic (exact) mass is 494 g/mol. The van der Waals surface area contributed by atoms with Gasteiger partial charge in [-0.15, -0.1) is 0 Å². The summed E-state index contributed by atoms with van der Waals surface area (Å²) in [6, 6.07) is 11.5. The van der Waals surface area contributed by atoms with E-state index in [0.717, 1.165) is 9.86 Å². The number of nitrogens with one attached hydrogen (secondary N) is 1. The number of carbonyl (C=O) groups is 1. The summed E-state index contributed by atoms with van der Waals surface area (Å²) in [5.74, 6) is -0.160. The maximum absolute atomic E-state index is 13.1. The molecule has 1 aliphatic rings. The Morgan fingerprint density at radius 2 is 1.90 bits per heavy atom. The number of sulfonamides is 1. The van der Waals surface area contributed by atoms with Crippen LogP contribution in [0.5, 0.6) is 5.75 Å². The Kier molecular flexibility index (Phi) is 5.83. The lowest BCUT2D eigenvalue weighted by Crippen LogP contribution is -2.40. The van der Waals surface area contributed by atoms with Crippen molar-refractivity contribution in [3.05, 3.63) is 52.7 Å². The van der Waals surface area contributed by atoms with Gasteiger partial charge in [-0.2, -0.15) is 4.31 Å². The molecule has 1 N–H and O–H groups in total. The largest absolute Gasteiger partial charge is 0.495 e. The van der Waals surface area contributed by atoms with E-state index in [9.17, 15) is 13.2 Å². The minimum Gasteiger partial charge on any atom is -0.495 e. The fraction of sp³-hybridized carbons (Fsp3) is 0.250. The third kappa shape index (κ3) is 4.08. The molecule has 1 amide bonds. The summed E-state index contributed by atoms with van der Waals surface area (Å²) in [5.41, 5.74) is 0.892. The van der Waals surface area contributed by atoms with Crippen molar-refractivity contribution in [2.45, 2.75) is 4.90 Å². The molecule has 1 aromatic heterocycles. The first-order chi connectivity index (χ1) is 14.4. The van der Waals surface area contributed by atoms with Gasteiger partial charge in [0.15, 0.2) is 5.76 Å². The topological polar surface area (TPSA) is 98.1 Å². The van der Waals surface area contributed by atoms with Crippen LogP contribution in [0.2, 0.25) is 0 Å². The van der Waals surface area contributed by atoms with Crippen LogP contribution in [0.25, 0.3) is 11.0 Å². The zero-order valence-corrected chi connectivity index (χ0v) is 18.5. The van der Waals surface area contributed by atoms with Crippen LogP contribution in [0, 0.1) is 0 Å². The van der Waals surface area contributed by atoms with Crippen LogP contribution < -0.4 is 10.1 Å². The van der Waals surface area contributed by atoms with Gasteiger partial charge in [0.25, 0.3) is 5.91 Å². The Balaban J connectivity index is 1.62. The number of ether oxygens (including phenoxy) is 2. The quantitative estimate of drug-likeness (QED) is 0.582. The smallest absolute Gasteiger partial charge is 0.291 e. The maximum atomic E-state index is 13.1. The number of hydrogen-bond donors (Lipinski definition) is 1. The molecule has 0 unspecified atom stereocenters. The molecule has 2 aromatic carbocycles. The molecule has 0 spiro atoms. The number of methoxy groups -OCH3 is 1. The van der Waals surface area contributed by atoms with Crippen molar-refractivity contribution in [3.63, 3.8) is 0 Å². The van der Waals surface area contributed by atoms with E-state index in [4.69, 9.17) is 13.9 Å². The van der Waals surface area contributed by atoms with Gasteiger partial charge in [-0.05, 0) is 42.5 Å². The van der Waals surface area contributed by atoms with Crippen LogP contribution >= 0.6 is 15.9 Å². The molecule has 4 rings (SSSR count). The van der Waals surface area contributed by atoms with Crippen molar-refractivity contribution in [1.82, 2.24) is 4.31 Å². The number of halogens is 1. The summed E-state index contributed by atoms with van der Waals surface area (Å²) >= 11 is 3.38. The fourth-order valence-electron chi connectivity index (χ4n) is 3.20. The number of carbonyl (C=O) groups excluding carboxylic acids is 1. The van der Waals surface area contributed by atoms with Crippen molar-refractivity contribution in [2.24, 2.45) is 0 Å². The van der Waals surface area contributed by atoms with Crippen molar-refractivity contribution in [2.75, 3.05) is 38.7 Å². The van der Waals surface area contributed by atoms with Crippen molar-refractivity contribution < 1.29 is 27.1 Å². The number of nitrogens with zero attached hydrogens (tertiary/aromatic N) is 1. The summed E-state index contributed by atoms with van der Waals surface area (Å²) in [4.78, 5) is 12.6. The molecule has 8 nitrogen and oxygen atoms in total. The van der Waals surface area contributed by atoms with Gasteiger partial charge in [-0.25, -0.2) is 8.42 Å². The highest BCUT2D eigenvalue weighted by molar-refractivity contribution is 9.10. The Morgan fingerprint density at radius 1 is 1.13 bits per heavy atom. The molecule has 0 saturated carbocycles. The summed E-state index contributed by atoms with van der Waals surface area (Å²) in [7, 11) is -2.40. The normalized spacial score (nSPS) is 15.3. The molecule has 0 atom stereocenters. The number of benzene rings is 2. The van der Waals surface area contributed by atoms with Crippen LogP contribution in [0.4, 0.5) is 5.69 Å². The lowest BCUT2D eigenvalue weighted by molar-refractivity contribution is 0.0729. The summed E-state index contributed by atoms with van der Waals surface area (Å²) in [6.07, 6.45) is 0. The first-order valence-electron chi connectivity index (χ1n) is 9.15.